The number of ether oxygens (including phenoxy) is 3. The molecular formula is C42H62FN6O7P. The van der Waals surface area contributed by atoms with Crippen molar-refractivity contribution in [1.82, 2.24) is 14.6 Å². The van der Waals surface area contributed by atoms with E-state index < -0.39 is 44.2 Å². The molecule has 2 aromatic heterocycles. The highest BCUT2D eigenvalue weighted by atomic mass is 31.2. The van der Waals surface area contributed by atoms with E-state index in [1.165, 1.54) is 102 Å². The van der Waals surface area contributed by atoms with Crippen molar-refractivity contribution in [1.29, 1.82) is 10.5 Å². The maximum absolute atomic E-state index is 14.1. The predicted octanol–water partition coefficient (Wildman–Crippen LogP) is 9.82. The van der Waals surface area contributed by atoms with Crippen molar-refractivity contribution in [3.8, 4) is 12.1 Å². The molecule has 314 valence electrons. The minimum absolute atomic E-state index is 0.0123. The summed E-state index contributed by atoms with van der Waals surface area (Å²) in [5.74, 6) is -0.282. The molecule has 4 atom stereocenters. The topological polar surface area (TPSA) is 187 Å². The van der Waals surface area contributed by atoms with Crippen LogP contribution in [-0.2, 0) is 34.4 Å². The van der Waals surface area contributed by atoms with E-state index in [1.807, 2.05) is 6.07 Å². The zero-order chi connectivity index (χ0) is 41.0. The first kappa shape index (κ1) is 46.2. The summed E-state index contributed by atoms with van der Waals surface area (Å²) in [6, 6.07) is 11.5. The lowest BCUT2D eigenvalue weighted by molar-refractivity contribution is -0.120. The van der Waals surface area contributed by atoms with Crippen molar-refractivity contribution < 1.29 is 37.1 Å². The minimum atomic E-state index is -4.73. The van der Waals surface area contributed by atoms with Gasteiger partial charge >= 0.3 is 7.82 Å². The van der Waals surface area contributed by atoms with Crippen LogP contribution in [0.4, 0.5) is 10.2 Å². The van der Waals surface area contributed by atoms with E-state index >= 15 is 0 Å². The Hall–Kier alpha value is -3.46. The first-order chi connectivity index (χ1) is 27.5. The normalized spacial score (nSPS) is 18.9. The van der Waals surface area contributed by atoms with E-state index in [9.17, 15) is 24.4 Å². The summed E-state index contributed by atoms with van der Waals surface area (Å²) in [6.07, 6.45) is 21.7. The Morgan fingerprint density at radius 3 is 2.26 bits per heavy atom. The third kappa shape index (κ3) is 15.7. The van der Waals surface area contributed by atoms with Crippen molar-refractivity contribution in [2.75, 3.05) is 32.2 Å². The molecule has 0 spiro atoms. The molecule has 1 unspecified atom stereocenters. The maximum Gasteiger partial charge on any atom is 0.472 e. The Morgan fingerprint density at radius 1 is 0.982 bits per heavy atom. The highest BCUT2D eigenvalue weighted by molar-refractivity contribution is 7.47. The van der Waals surface area contributed by atoms with Crippen LogP contribution in [0.2, 0.25) is 0 Å². The summed E-state index contributed by atoms with van der Waals surface area (Å²) < 4.78 is 57.8. The van der Waals surface area contributed by atoms with Crippen LogP contribution in [0.3, 0.4) is 0 Å². The number of benzene rings is 1. The Balaban J connectivity index is 1.20. The predicted molar refractivity (Wildman–Crippen MR) is 215 cm³/mol. The van der Waals surface area contributed by atoms with Gasteiger partial charge in [-0.05, 0) is 62.1 Å². The number of fused-ring (bicyclic) bond motifs is 1. The number of halogens is 1. The van der Waals surface area contributed by atoms with Gasteiger partial charge in [0.2, 0.25) is 0 Å². The molecule has 1 fully saturated rings. The molecule has 1 aliphatic heterocycles. The Bertz CT molecular complexity index is 1800. The monoisotopic (exact) mass is 812 g/mol. The molecule has 0 aliphatic carbocycles. The molecule has 1 aliphatic rings. The second-order valence-corrected chi connectivity index (χ2v) is 17.0. The van der Waals surface area contributed by atoms with Crippen LogP contribution in [-0.4, -0.2) is 57.1 Å². The summed E-state index contributed by atoms with van der Waals surface area (Å²) in [7, 11) is -4.73. The standard InChI is InChI=1S/C42H62FN6O7P/c1-3-4-5-6-7-8-9-10-11-12-13-14-15-16-17-18-23-52-30-41(2,53-28-35-24-34(27-44)25-36(43)26-35)31-54-57(50,51)55-32-42(29-45)22-21-39(56-42)37-19-20-38-40(46)47-33-48-49(37)38/h19-20,24-26,33,39H,3-18,21-23,28,30-32H2,1-2H3,(H,50,51)(H2,46,47,48)/t39-,41-,42-/m1/s1. The smallest absolute Gasteiger partial charge is 0.382 e. The van der Waals surface area contributed by atoms with Gasteiger partial charge in [0, 0.05) is 6.61 Å². The van der Waals surface area contributed by atoms with Gasteiger partial charge in [0.1, 0.15) is 42.0 Å². The number of hydrogen-bond donors (Lipinski definition) is 2. The van der Waals surface area contributed by atoms with Crippen molar-refractivity contribution in [2.24, 2.45) is 0 Å². The van der Waals surface area contributed by atoms with E-state index in [2.05, 4.69) is 23.1 Å². The molecule has 3 N–H and O–H groups in total. The van der Waals surface area contributed by atoms with Gasteiger partial charge in [-0.25, -0.2) is 18.5 Å². The summed E-state index contributed by atoms with van der Waals surface area (Å²) in [4.78, 5) is 14.7. The van der Waals surface area contributed by atoms with Gasteiger partial charge in [0.15, 0.2) is 11.4 Å². The van der Waals surface area contributed by atoms with Crippen molar-refractivity contribution in [3.05, 3.63) is 59.3 Å². The summed E-state index contributed by atoms with van der Waals surface area (Å²) >= 11 is 0. The van der Waals surface area contributed by atoms with Crippen LogP contribution in [0.15, 0.2) is 36.7 Å². The van der Waals surface area contributed by atoms with Gasteiger partial charge in [-0.3, -0.25) is 9.05 Å². The quantitative estimate of drug-likeness (QED) is 0.0500. The van der Waals surface area contributed by atoms with Gasteiger partial charge in [-0.1, -0.05) is 103 Å². The van der Waals surface area contributed by atoms with Crippen molar-refractivity contribution in [3.63, 3.8) is 0 Å². The van der Waals surface area contributed by atoms with Crippen LogP contribution >= 0.6 is 7.82 Å². The molecule has 3 aromatic rings. The second kappa shape index (κ2) is 23.8. The van der Waals surface area contributed by atoms with Crippen LogP contribution in [0.5, 0.6) is 0 Å². The van der Waals surface area contributed by atoms with Gasteiger partial charge in [-0.15, -0.1) is 0 Å². The Labute approximate surface area is 337 Å². The van der Waals surface area contributed by atoms with Crippen molar-refractivity contribution >= 4 is 19.2 Å². The number of nitrogen functional groups attached to an aromatic ring is 1. The van der Waals surface area contributed by atoms with Crippen LogP contribution < -0.4 is 5.73 Å². The summed E-state index contributed by atoms with van der Waals surface area (Å²) in [5.41, 5.74) is 5.00. The molecule has 4 rings (SSSR count). The largest absolute Gasteiger partial charge is 0.472 e. The zero-order valence-corrected chi connectivity index (χ0v) is 34.7. The number of unbranched alkanes of at least 4 members (excludes halogenated alkanes) is 15. The summed E-state index contributed by atoms with van der Waals surface area (Å²) in [6.45, 7) is 3.34. The van der Waals surface area contributed by atoms with E-state index in [0.717, 1.165) is 25.3 Å². The second-order valence-electron chi connectivity index (χ2n) is 15.5. The lowest BCUT2D eigenvalue weighted by atomic mass is 10.0. The molecule has 15 heteroatoms. The van der Waals surface area contributed by atoms with E-state index in [1.54, 1.807) is 23.6 Å². The first-order valence-corrected chi connectivity index (χ1v) is 22.2. The number of anilines is 1. The Kier molecular flexibility index (Phi) is 19.3. The number of nitrogens with two attached hydrogens (primary N) is 1. The average Bonchev–Trinajstić information content (AvgIpc) is 3.84. The molecule has 1 saturated heterocycles. The molecule has 0 bridgehead atoms. The third-order valence-electron chi connectivity index (χ3n) is 10.4. The molecule has 0 radical (unpaired) electrons. The lowest BCUT2D eigenvalue weighted by Crippen LogP contribution is -2.39. The zero-order valence-electron chi connectivity index (χ0n) is 33.8. The maximum atomic E-state index is 14.1. The molecular weight excluding hydrogens is 750 g/mol. The highest BCUT2D eigenvalue weighted by Gasteiger charge is 2.45. The minimum Gasteiger partial charge on any atom is -0.382 e. The fraction of sp³-hybridized carbons (Fsp3) is 0.667. The van der Waals surface area contributed by atoms with Crippen LogP contribution in [0, 0.1) is 28.5 Å². The van der Waals surface area contributed by atoms with Gasteiger partial charge in [0.25, 0.3) is 0 Å². The number of nitrogens with zero attached hydrogens (tertiary/aromatic N) is 5. The third-order valence-corrected chi connectivity index (χ3v) is 11.4. The molecule has 13 nitrogen and oxygen atoms in total. The van der Waals surface area contributed by atoms with Gasteiger partial charge in [0.05, 0.1) is 37.1 Å². The number of phosphoric ester groups is 1. The fourth-order valence-corrected chi connectivity index (χ4v) is 7.95. The molecule has 0 amide bonds. The molecule has 3 heterocycles. The number of rotatable bonds is 29. The molecule has 1 aromatic carbocycles. The van der Waals surface area contributed by atoms with Gasteiger partial charge < -0.3 is 24.8 Å². The SMILES string of the molecule is CCCCCCCCCCCCCCCCCCOC[C@](C)(COP(=O)(O)OC[C@]1(C#N)CC[C@H](c2ccc3c(N)ncnn23)O1)OCc1cc(F)cc(C#N)c1. The molecule has 57 heavy (non-hydrogen) atoms. The number of hydrogen-bond acceptors (Lipinski definition) is 11. The number of phosphoric acid groups is 1. The average molecular weight is 813 g/mol. The number of aromatic nitrogens is 3. The van der Waals surface area contributed by atoms with Crippen LogP contribution in [0.25, 0.3) is 5.52 Å². The Morgan fingerprint density at radius 2 is 1.63 bits per heavy atom. The molecule has 0 saturated carbocycles. The van der Waals surface area contributed by atoms with E-state index in [4.69, 9.17) is 29.0 Å². The first-order valence-electron chi connectivity index (χ1n) is 20.7. The van der Waals surface area contributed by atoms with E-state index in [0.29, 0.717) is 35.6 Å². The fourth-order valence-electron chi connectivity index (χ4n) is 7.06. The lowest BCUT2D eigenvalue weighted by Gasteiger charge is -2.30. The van der Waals surface area contributed by atoms with Gasteiger partial charge in [-0.2, -0.15) is 15.6 Å². The summed E-state index contributed by atoms with van der Waals surface area (Å²) in [5, 5.41) is 23.6. The van der Waals surface area contributed by atoms with E-state index in [-0.39, 0.29) is 25.2 Å². The van der Waals surface area contributed by atoms with Crippen LogP contribution in [0.1, 0.15) is 152 Å². The number of nitriles is 2. The van der Waals surface area contributed by atoms with Crippen molar-refractivity contribution in [2.45, 2.75) is 153 Å². The highest BCUT2D eigenvalue weighted by Crippen LogP contribution is 2.48.